The predicted octanol–water partition coefficient (Wildman–Crippen LogP) is -0.190. The summed E-state index contributed by atoms with van der Waals surface area (Å²) in [6.45, 7) is 4.80. The first kappa shape index (κ1) is 10.4. The Kier molecular flexibility index (Phi) is 2.75. The molecule has 0 aromatic heterocycles. The van der Waals surface area contributed by atoms with Crippen molar-refractivity contribution in [2.24, 2.45) is 5.92 Å². The Labute approximate surface area is 89.1 Å². The molecule has 0 aliphatic carbocycles. The zero-order chi connectivity index (χ0) is 9.53. The Morgan fingerprint density at radius 3 is 2.77 bits per heavy atom. The number of hydrogen-bond acceptors (Lipinski definition) is 4. The first-order chi connectivity index (χ1) is 6.15. The quantitative estimate of drug-likeness (QED) is 0.233. The monoisotopic (exact) mass is 232 g/mol. The minimum atomic E-state index is -1.71. The Morgan fingerprint density at radius 2 is 2.31 bits per heavy atom. The second kappa shape index (κ2) is 3.45. The van der Waals surface area contributed by atoms with E-state index in [1.165, 1.54) is 0 Å². The molecule has 70 valence electrons. The van der Waals surface area contributed by atoms with Gasteiger partial charge in [-0.25, -0.2) is 0 Å². The molecule has 2 saturated heterocycles. The van der Waals surface area contributed by atoms with Crippen LogP contribution in [0, 0.1) is 5.92 Å². The minimum absolute atomic E-state index is 0.145. The molecule has 2 rings (SSSR count). The molecule has 8 heteroatoms. The molecule has 0 N–H and O–H groups in total. The Bertz CT molecular complexity index is 285. The fraction of sp³-hybridized carbons (Fsp3) is 1.00. The molecule has 2 aliphatic heterocycles. The van der Waals surface area contributed by atoms with Crippen LogP contribution in [0.5, 0.6) is 0 Å². The van der Waals surface area contributed by atoms with Crippen LogP contribution in [-0.2, 0) is 12.7 Å². The molecule has 0 amide bonds. The van der Waals surface area contributed by atoms with Crippen LogP contribution >= 0.6 is 21.6 Å². The van der Waals surface area contributed by atoms with Gasteiger partial charge in [-0.3, -0.25) is 0 Å². The Morgan fingerprint density at radius 1 is 1.69 bits per heavy atom. The molecular formula is C5H11B3O2S3. The van der Waals surface area contributed by atoms with Gasteiger partial charge >= 0.3 is 89.2 Å². The maximum atomic E-state index is 11.5. The number of rotatable bonds is 5. The van der Waals surface area contributed by atoms with Gasteiger partial charge in [-0.05, 0) is 0 Å². The van der Waals surface area contributed by atoms with Crippen molar-refractivity contribution in [1.82, 2.24) is 0 Å². The average Bonchev–Trinajstić information content (AvgIpc) is 2.83. The van der Waals surface area contributed by atoms with Crippen LogP contribution in [0.1, 0.15) is 13.3 Å². The van der Waals surface area contributed by atoms with Gasteiger partial charge in [0.25, 0.3) is 0 Å². The summed E-state index contributed by atoms with van der Waals surface area (Å²) in [4.78, 5) is 0. The molecule has 0 aromatic carbocycles. The SMILES string of the molecule is BB=BOCCC(C)C12S[SH]1(=O)S2. The summed E-state index contributed by atoms with van der Waals surface area (Å²) in [5, 5.41) is 0. The number of hydrogen-bond donors (Lipinski definition) is 1. The summed E-state index contributed by atoms with van der Waals surface area (Å²) in [6, 6.07) is 0. The fourth-order valence-electron chi connectivity index (χ4n) is 1.35. The van der Waals surface area contributed by atoms with E-state index in [-0.39, 0.29) is 3.41 Å². The van der Waals surface area contributed by atoms with E-state index in [2.05, 4.69) is 6.92 Å². The number of fused-ring (bicyclic) bond motifs is 1. The van der Waals surface area contributed by atoms with Gasteiger partial charge in [0.05, 0.1) is 0 Å². The van der Waals surface area contributed by atoms with Gasteiger partial charge in [0.1, 0.15) is 0 Å². The topological polar surface area (TPSA) is 26.3 Å². The third-order valence-corrected chi connectivity index (χ3v) is 13.8. The van der Waals surface area contributed by atoms with Crippen molar-refractivity contribution < 1.29 is 8.86 Å². The van der Waals surface area contributed by atoms with Crippen LogP contribution < -0.4 is 0 Å². The molecule has 0 bridgehead atoms. The molecular weight excluding hydrogens is 221 g/mol. The normalized spacial score (nSPS) is 36.7. The molecule has 1 unspecified atom stereocenters. The van der Waals surface area contributed by atoms with Crippen LogP contribution in [0.4, 0.5) is 0 Å². The van der Waals surface area contributed by atoms with Gasteiger partial charge in [-0.15, -0.1) is 0 Å². The van der Waals surface area contributed by atoms with E-state index in [4.69, 9.17) is 4.65 Å². The van der Waals surface area contributed by atoms with Gasteiger partial charge in [0.15, 0.2) is 0 Å². The Hall–Kier alpha value is 0.845. The molecule has 0 aromatic rings. The van der Waals surface area contributed by atoms with E-state index in [1.54, 1.807) is 28.6 Å². The second-order valence-electron chi connectivity index (χ2n) is 3.34. The molecule has 0 saturated carbocycles. The van der Waals surface area contributed by atoms with Gasteiger partial charge in [-0.2, -0.15) is 0 Å². The standard InChI is InChI=1S/C5H11B3O2S3/c1-4(2-3-10-8-7-6)5-11-13(5,9)12-5/h4,13H,2-3,6H2,1H3. The zero-order valence-electron chi connectivity index (χ0n) is 7.73. The van der Waals surface area contributed by atoms with E-state index in [9.17, 15) is 4.21 Å². The van der Waals surface area contributed by atoms with E-state index in [0.717, 1.165) is 13.0 Å². The number of thiol groups is 1. The zero-order valence-corrected chi connectivity index (χ0v) is 10.3. The van der Waals surface area contributed by atoms with Crippen molar-refractivity contribution in [2.45, 2.75) is 16.8 Å². The maximum absolute atomic E-state index is 11.5. The van der Waals surface area contributed by atoms with Crippen LogP contribution in [0.25, 0.3) is 0 Å². The van der Waals surface area contributed by atoms with Crippen LogP contribution in [0.15, 0.2) is 0 Å². The van der Waals surface area contributed by atoms with Crippen molar-refractivity contribution >= 4 is 51.0 Å². The molecule has 0 radical (unpaired) electrons. The van der Waals surface area contributed by atoms with E-state index in [1.807, 2.05) is 14.4 Å². The van der Waals surface area contributed by atoms with E-state index >= 15 is 0 Å². The molecule has 2 heterocycles. The third kappa shape index (κ3) is 1.70. The molecule has 2 fully saturated rings. The molecule has 1 atom stereocenters. The summed E-state index contributed by atoms with van der Waals surface area (Å²) in [6.07, 6.45) is 1.01. The summed E-state index contributed by atoms with van der Waals surface area (Å²) in [7, 11) is 5.32. The van der Waals surface area contributed by atoms with E-state index in [0.29, 0.717) is 5.92 Å². The van der Waals surface area contributed by atoms with Crippen LogP contribution in [-0.4, -0.2) is 35.7 Å². The first-order valence-corrected chi connectivity index (χ1v) is 8.94. The van der Waals surface area contributed by atoms with Crippen molar-refractivity contribution in [3.8, 4) is 0 Å². The predicted molar refractivity (Wildman–Crippen MR) is 67.2 cm³/mol. The van der Waals surface area contributed by atoms with Gasteiger partial charge in [-0.1, -0.05) is 0 Å². The molecule has 0 spiro atoms. The Balaban J connectivity index is 1.69. The first-order valence-electron chi connectivity index (χ1n) is 4.39. The van der Waals surface area contributed by atoms with Crippen LogP contribution in [0.2, 0.25) is 0 Å². The van der Waals surface area contributed by atoms with Crippen LogP contribution in [0.3, 0.4) is 0 Å². The molecule has 2 nitrogen and oxygen atoms in total. The third-order valence-electron chi connectivity index (χ3n) is 2.34. The van der Waals surface area contributed by atoms with Crippen molar-refractivity contribution in [1.29, 1.82) is 0 Å². The summed E-state index contributed by atoms with van der Waals surface area (Å²) < 4.78 is 16.9. The summed E-state index contributed by atoms with van der Waals surface area (Å²) in [5.41, 5.74) is 0. The van der Waals surface area contributed by atoms with Gasteiger partial charge < -0.3 is 0 Å². The van der Waals surface area contributed by atoms with Crippen molar-refractivity contribution in [3.63, 3.8) is 0 Å². The van der Waals surface area contributed by atoms with Crippen molar-refractivity contribution in [3.05, 3.63) is 0 Å². The fourth-order valence-corrected chi connectivity index (χ4v) is 12.9. The van der Waals surface area contributed by atoms with E-state index < -0.39 is 8.00 Å². The summed E-state index contributed by atoms with van der Waals surface area (Å²) >= 11 is 0. The second-order valence-corrected chi connectivity index (χ2v) is 12.4. The average molecular weight is 232 g/mol. The molecule has 13 heavy (non-hydrogen) atoms. The van der Waals surface area contributed by atoms with Crippen molar-refractivity contribution in [2.75, 3.05) is 6.61 Å². The van der Waals surface area contributed by atoms with Gasteiger partial charge in [0.2, 0.25) is 0 Å². The van der Waals surface area contributed by atoms with Gasteiger partial charge in [0, 0.05) is 0 Å². The summed E-state index contributed by atoms with van der Waals surface area (Å²) in [5.74, 6) is 0.526. The molecule has 2 aliphatic rings.